The van der Waals surface area contributed by atoms with Crippen molar-refractivity contribution in [2.75, 3.05) is 11.1 Å². The van der Waals surface area contributed by atoms with Gasteiger partial charge in [-0.05, 0) is 11.6 Å². The minimum atomic E-state index is -0.109. The summed E-state index contributed by atoms with van der Waals surface area (Å²) in [4.78, 5) is 20.8. The molecular formula is C21H18N6OS. The highest BCUT2D eigenvalue weighted by Gasteiger charge is 2.14. The molecule has 0 atom stereocenters. The number of nitrogens with one attached hydrogen (secondary N) is 1. The van der Waals surface area contributed by atoms with Crippen LogP contribution in [0, 0.1) is 0 Å². The van der Waals surface area contributed by atoms with Crippen LogP contribution >= 0.6 is 11.8 Å². The van der Waals surface area contributed by atoms with Gasteiger partial charge in [0.2, 0.25) is 5.91 Å². The average Bonchev–Trinajstić information content (AvgIpc) is 3.14. The van der Waals surface area contributed by atoms with E-state index in [4.69, 9.17) is 0 Å². The molecule has 8 heteroatoms. The van der Waals surface area contributed by atoms with E-state index in [2.05, 4.69) is 25.5 Å². The van der Waals surface area contributed by atoms with Crippen LogP contribution in [0.4, 0.5) is 5.69 Å². The molecule has 1 amide bonds. The van der Waals surface area contributed by atoms with E-state index in [0.29, 0.717) is 16.7 Å². The molecule has 0 spiro atoms. The van der Waals surface area contributed by atoms with Crippen molar-refractivity contribution in [1.82, 2.24) is 24.7 Å². The number of benzene rings is 2. The molecule has 4 aromatic rings. The van der Waals surface area contributed by atoms with E-state index in [1.54, 1.807) is 23.2 Å². The number of nitrogens with zero attached hydrogens (tertiary/aromatic N) is 5. The third kappa shape index (κ3) is 4.33. The first-order valence-corrected chi connectivity index (χ1v) is 9.94. The summed E-state index contributed by atoms with van der Waals surface area (Å²) in [5.74, 6) is 0.716. The van der Waals surface area contributed by atoms with E-state index in [9.17, 15) is 4.79 Å². The molecule has 0 aliphatic carbocycles. The van der Waals surface area contributed by atoms with Gasteiger partial charge in [-0.2, -0.15) is 0 Å². The van der Waals surface area contributed by atoms with Crippen LogP contribution < -0.4 is 5.32 Å². The third-order valence-corrected chi connectivity index (χ3v) is 5.27. The molecule has 2 aromatic heterocycles. The second-order valence-corrected chi connectivity index (χ2v) is 7.15. The fourth-order valence-corrected chi connectivity index (χ4v) is 3.57. The summed E-state index contributed by atoms with van der Waals surface area (Å²) < 4.78 is 1.81. The van der Waals surface area contributed by atoms with Gasteiger partial charge in [0, 0.05) is 30.7 Å². The summed E-state index contributed by atoms with van der Waals surface area (Å²) in [5, 5.41) is 12.0. The van der Waals surface area contributed by atoms with Gasteiger partial charge >= 0.3 is 0 Å². The number of anilines is 1. The van der Waals surface area contributed by atoms with Crippen LogP contribution in [0.5, 0.6) is 0 Å². The molecule has 29 heavy (non-hydrogen) atoms. The van der Waals surface area contributed by atoms with Crippen molar-refractivity contribution < 1.29 is 4.79 Å². The van der Waals surface area contributed by atoms with Crippen molar-refractivity contribution in [3.8, 4) is 22.6 Å². The predicted molar refractivity (Wildman–Crippen MR) is 113 cm³/mol. The molecule has 0 saturated heterocycles. The number of hydrogen-bond acceptors (Lipinski definition) is 6. The predicted octanol–water partition coefficient (Wildman–Crippen LogP) is 3.67. The summed E-state index contributed by atoms with van der Waals surface area (Å²) in [6, 6.07) is 17.7. The van der Waals surface area contributed by atoms with E-state index >= 15 is 0 Å². The zero-order valence-corrected chi connectivity index (χ0v) is 16.5. The first-order chi connectivity index (χ1) is 14.2. The highest BCUT2D eigenvalue weighted by Crippen LogP contribution is 2.28. The summed E-state index contributed by atoms with van der Waals surface area (Å²) in [5.41, 5.74) is 3.45. The Labute approximate surface area is 172 Å². The van der Waals surface area contributed by atoms with E-state index in [1.165, 1.54) is 11.8 Å². The summed E-state index contributed by atoms with van der Waals surface area (Å²) in [7, 11) is 1.84. The Kier molecular flexibility index (Phi) is 5.62. The van der Waals surface area contributed by atoms with Gasteiger partial charge in [-0.15, -0.1) is 10.2 Å². The minimum Gasteiger partial charge on any atom is -0.325 e. The van der Waals surface area contributed by atoms with Crippen LogP contribution in [-0.2, 0) is 11.8 Å². The van der Waals surface area contributed by atoms with Gasteiger partial charge in [-0.25, -0.2) is 4.98 Å². The normalized spacial score (nSPS) is 10.7. The summed E-state index contributed by atoms with van der Waals surface area (Å²) >= 11 is 1.32. The fourth-order valence-electron chi connectivity index (χ4n) is 2.86. The molecule has 0 bridgehead atoms. The molecule has 144 valence electrons. The molecular weight excluding hydrogens is 384 g/mol. The van der Waals surface area contributed by atoms with Gasteiger partial charge in [0.25, 0.3) is 0 Å². The number of para-hydroxylation sites is 1. The number of carbonyl (C=O) groups excluding carboxylic acids is 1. The van der Waals surface area contributed by atoms with Crippen molar-refractivity contribution >= 4 is 23.4 Å². The molecule has 2 heterocycles. The van der Waals surface area contributed by atoms with Crippen LogP contribution in [0.3, 0.4) is 0 Å². The van der Waals surface area contributed by atoms with Crippen LogP contribution in [0.2, 0.25) is 0 Å². The van der Waals surface area contributed by atoms with Gasteiger partial charge in [-0.1, -0.05) is 60.3 Å². The minimum absolute atomic E-state index is 0.109. The topological polar surface area (TPSA) is 85.6 Å². The smallest absolute Gasteiger partial charge is 0.234 e. The molecule has 0 aliphatic heterocycles. The Bertz CT molecular complexity index is 1110. The lowest BCUT2D eigenvalue weighted by Crippen LogP contribution is -2.15. The molecule has 0 saturated carbocycles. The molecule has 0 fully saturated rings. The Morgan fingerprint density at radius 1 is 1.03 bits per heavy atom. The number of aromatic nitrogens is 5. The molecule has 0 radical (unpaired) electrons. The maximum Gasteiger partial charge on any atom is 0.234 e. The van der Waals surface area contributed by atoms with E-state index < -0.39 is 0 Å². The Morgan fingerprint density at radius 2 is 1.83 bits per heavy atom. The quantitative estimate of drug-likeness (QED) is 0.495. The number of thioether (sulfide) groups is 1. The average molecular weight is 402 g/mol. The lowest BCUT2D eigenvalue weighted by Gasteiger charge is -2.11. The van der Waals surface area contributed by atoms with Gasteiger partial charge in [0.05, 0.1) is 11.9 Å². The molecule has 0 aliphatic rings. The van der Waals surface area contributed by atoms with Crippen LogP contribution in [0.25, 0.3) is 22.6 Å². The first-order valence-electron chi connectivity index (χ1n) is 8.95. The van der Waals surface area contributed by atoms with Crippen molar-refractivity contribution in [1.29, 1.82) is 0 Å². The zero-order chi connectivity index (χ0) is 20.1. The van der Waals surface area contributed by atoms with Gasteiger partial charge < -0.3 is 9.88 Å². The number of rotatable bonds is 6. The molecule has 0 unspecified atom stereocenters. The summed E-state index contributed by atoms with van der Waals surface area (Å²) in [6.07, 6.45) is 4.84. The summed E-state index contributed by atoms with van der Waals surface area (Å²) in [6.45, 7) is 0. The van der Waals surface area contributed by atoms with Crippen LogP contribution in [-0.4, -0.2) is 36.4 Å². The zero-order valence-electron chi connectivity index (χ0n) is 15.7. The first kappa shape index (κ1) is 18.8. The lowest BCUT2D eigenvalue weighted by molar-refractivity contribution is -0.113. The molecule has 2 aromatic carbocycles. The SMILES string of the molecule is Cn1c(SCC(=O)Nc2ccccc2-c2ccccc2)nnc1-c1cnccn1. The van der Waals surface area contributed by atoms with Gasteiger partial charge in [0.1, 0.15) is 5.69 Å². The van der Waals surface area contributed by atoms with E-state index in [0.717, 1.165) is 16.8 Å². The Morgan fingerprint density at radius 3 is 2.62 bits per heavy atom. The molecule has 1 N–H and O–H groups in total. The number of amides is 1. The maximum atomic E-state index is 12.5. The van der Waals surface area contributed by atoms with Crippen molar-refractivity contribution in [2.45, 2.75) is 5.16 Å². The standard InChI is InChI=1S/C21H18N6OS/c1-27-20(18-13-22-11-12-23-18)25-26-21(27)29-14-19(28)24-17-10-6-5-9-16(17)15-7-3-2-4-8-15/h2-13H,14H2,1H3,(H,24,28). The van der Waals surface area contributed by atoms with Gasteiger partial charge in [-0.3, -0.25) is 9.78 Å². The third-order valence-electron chi connectivity index (χ3n) is 4.25. The Hall–Kier alpha value is -3.52. The molecule has 7 nitrogen and oxygen atoms in total. The number of carbonyl (C=O) groups is 1. The lowest BCUT2D eigenvalue weighted by atomic mass is 10.0. The number of hydrogen-bond donors (Lipinski definition) is 1. The van der Waals surface area contributed by atoms with Crippen molar-refractivity contribution in [2.24, 2.45) is 7.05 Å². The fraction of sp³-hybridized carbons (Fsp3) is 0.0952. The largest absolute Gasteiger partial charge is 0.325 e. The second-order valence-electron chi connectivity index (χ2n) is 6.20. The van der Waals surface area contributed by atoms with Crippen molar-refractivity contribution in [3.63, 3.8) is 0 Å². The Balaban J connectivity index is 1.44. The highest BCUT2D eigenvalue weighted by atomic mass is 32.2. The van der Waals surface area contributed by atoms with E-state index in [-0.39, 0.29) is 11.7 Å². The second kappa shape index (κ2) is 8.66. The van der Waals surface area contributed by atoms with Crippen molar-refractivity contribution in [3.05, 3.63) is 73.2 Å². The highest BCUT2D eigenvalue weighted by molar-refractivity contribution is 7.99. The van der Waals surface area contributed by atoms with Crippen LogP contribution in [0.15, 0.2) is 78.3 Å². The van der Waals surface area contributed by atoms with E-state index in [1.807, 2.05) is 61.6 Å². The van der Waals surface area contributed by atoms with Gasteiger partial charge in [0.15, 0.2) is 11.0 Å². The van der Waals surface area contributed by atoms with Crippen LogP contribution in [0.1, 0.15) is 0 Å². The molecule has 4 rings (SSSR count). The monoisotopic (exact) mass is 402 g/mol. The maximum absolute atomic E-state index is 12.5.